The van der Waals surface area contributed by atoms with E-state index in [4.69, 9.17) is 0 Å². The van der Waals surface area contributed by atoms with Crippen LogP contribution in [0.1, 0.15) is 21.7 Å². The fourth-order valence-corrected chi connectivity index (χ4v) is 2.09. The van der Waals surface area contributed by atoms with Gasteiger partial charge < -0.3 is 10.1 Å². The van der Waals surface area contributed by atoms with E-state index in [1.54, 1.807) is 5.38 Å². The molecule has 0 aromatic carbocycles. The van der Waals surface area contributed by atoms with Crippen LogP contribution in [0.25, 0.3) is 0 Å². The normalized spacial score (nSPS) is 9.62. The number of nitrogens with one attached hydrogen (secondary N) is 1. The van der Waals surface area contributed by atoms with Crippen LogP contribution in [-0.2, 0) is 9.53 Å². The van der Waals surface area contributed by atoms with Crippen LogP contribution in [0.15, 0.2) is 18.0 Å². The molecule has 0 aliphatic carbocycles. The van der Waals surface area contributed by atoms with Crippen LogP contribution in [0.2, 0.25) is 0 Å². The Morgan fingerprint density at radius 2 is 2.31 bits per heavy atom. The highest BCUT2D eigenvalue weighted by Gasteiger charge is 2.17. The minimum absolute atomic E-state index is 0.193. The Balaban J connectivity index is 2.93. The maximum absolute atomic E-state index is 11.4. The molecule has 16 heavy (non-hydrogen) atoms. The van der Waals surface area contributed by atoms with E-state index in [0.717, 1.165) is 5.56 Å². The van der Waals surface area contributed by atoms with Gasteiger partial charge in [-0.1, -0.05) is 6.08 Å². The summed E-state index contributed by atoms with van der Waals surface area (Å²) in [6, 6.07) is 0. The van der Waals surface area contributed by atoms with Crippen molar-refractivity contribution in [1.82, 2.24) is 0 Å². The van der Waals surface area contributed by atoms with Gasteiger partial charge in [0.1, 0.15) is 4.88 Å². The topological polar surface area (TPSA) is 55.4 Å². The van der Waals surface area contributed by atoms with Gasteiger partial charge in [-0.25, -0.2) is 4.79 Å². The summed E-state index contributed by atoms with van der Waals surface area (Å²) in [5, 5.41) is 4.48. The van der Waals surface area contributed by atoms with E-state index in [0.29, 0.717) is 10.6 Å². The SMILES string of the molecule is C=CCC(=O)Nc1c(C)csc1C(=O)OC. The molecule has 1 N–H and O–H groups in total. The number of thiophene rings is 1. The Hall–Kier alpha value is -1.62. The number of aryl methyl sites for hydroxylation is 1. The minimum atomic E-state index is -0.438. The van der Waals surface area contributed by atoms with Gasteiger partial charge in [0.05, 0.1) is 12.8 Å². The van der Waals surface area contributed by atoms with E-state index in [2.05, 4.69) is 16.6 Å². The first-order valence-electron chi connectivity index (χ1n) is 4.67. The summed E-state index contributed by atoms with van der Waals surface area (Å²) in [4.78, 5) is 23.2. The Morgan fingerprint density at radius 3 is 2.88 bits per heavy atom. The van der Waals surface area contributed by atoms with E-state index in [-0.39, 0.29) is 12.3 Å². The van der Waals surface area contributed by atoms with Crippen molar-refractivity contribution in [2.24, 2.45) is 0 Å². The Labute approximate surface area is 97.9 Å². The lowest BCUT2D eigenvalue weighted by atomic mass is 10.2. The number of hydrogen-bond acceptors (Lipinski definition) is 4. The van der Waals surface area contributed by atoms with Crippen LogP contribution >= 0.6 is 11.3 Å². The highest BCUT2D eigenvalue weighted by Crippen LogP contribution is 2.28. The standard InChI is InChI=1S/C11H13NO3S/c1-4-5-8(13)12-9-7(2)6-16-10(9)11(14)15-3/h4,6H,1,5H2,2-3H3,(H,12,13). The van der Waals surface area contributed by atoms with Gasteiger partial charge in [0.25, 0.3) is 0 Å². The number of carbonyl (C=O) groups is 2. The lowest BCUT2D eigenvalue weighted by Crippen LogP contribution is -2.13. The van der Waals surface area contributed by atoms with Crippen LogP contribution in [-0.4, -0.2) is 19.0 Å². The highest BCUT2D eigenvalue weighted by atomic mass is 32.1. The fraction of sp³-hybridized carbons (Fsp3) is 0.273. The summed E-state index contributed by atoms with van der Waals surface area (Å²) < 4.78 is 4.63. The molecular weight excluding hydrogens is 226 g/mol. The van der Waals surface area contributed by atoms with Crippen molar-refractivity contribution in [3.05, 3.63) is 28.5 Å². The van der Waals surface area contributed by atoms with Crippen molar-refractivity contribution in [3.63, 3.8) is 0 Å². The molecule has 0 fully saturated rings. The van der Waals surface area contributed by atoms with Crippen LogP contribution in [0.3, 0.4) is 0 Å². The fourth-order valence-electron chi connectivity index (χ4n) is 1.16. The Bertz CT molecular complexity index is 423. The smallest absolute Gasteiger partial charge is 0.350 e. The second kappa shape index (κ2) is 5.46. The third kappa shape index (κ3) is 2.70. The van der Waals surface area contributed by atoms with E-state index < -0.39 is 5.97 Å². The minimum Gasteiger partial charge on any atom is -0.465 e. The molecule has 0 bridgehead atoms. The molecule has 1 aromatic rings. The molecule has 0 unspecified atom stereocenters. The van der Waals surface area contributed by atoms with Gasteiger partial charge in [0.15, 0.2) is 0 Å². The van der Waals surface area contributed by atoms with Gasteiger partial charge in [-0.15, -0.1) is 17.9 Å². The second-order valence-corrected chi connectivity index (χ2v) is 4.04. The second-order valence-electron chi connectivity index (χ2n) is 3.16. The van der Waals surface area contributed by atoms with Crippen LogP contribution < -0.4 is 5.32 Å². The summed E-state index contributed by atoms with van der Waals surface area (Å²) in [6.07, 6.45) is 1.73. The molecule has 0 spiro atoms. The first kappa shape index (κ1) is 12.4. The molecule has 1 heterocycles. The van der Waals surface area contributed by atoms with Crippen molar-refractivity contribution in [1.29, 1.82) is 0 Å². The highest BCUT2D eigenvalue weighted by molar-refractivity contribution is 7.12. The Morgan fingerprint density at radius 1 is 1.62 bits per heavy atom. The average molecular weight is 239 g/mol. The molecule has 0 saturated heterocycles. The maximum atomic E-state index is 11.4. The molecule has 4 nitrogen and oxygen atoms in total. The first-order chi connectivity index (χ1) is 7.60. The molecule has 0 aliphatic heterocycles. The predicted octanol–water partition coefficient (Wildman–Crippen LogP) is 2.36. The number of rotatable bonds is 4. The molecule has 0 saturated carbocycles. The third-order valence-electron chi connectivity index (χ3n) is 1.94. The molecule has 86 valence electrons. The average Bonchev–Trinajstić information content (AvgIpc) is 2.60. The summed E-state index contributed by atoms with van der Waals surface area (Å²) in [7, 11) is 1.31. The lowest BCUT2D eigenvalue weighted by Gasteiger charge is -2.05. The number of methoxy groups -OCH3 is 1. The zero-order valence-corrected chi connectivity index (χ0v) is 10.0. The van der Waals surface area contributed by atoms with Gasteiger partial charge in [-0.2, -0.15) is 0 Å². The molecule has 0 radical (unpaired) electrons. The lowest BCUT2D eigenvalue weighted by molar-refractivity contribution is -0.115. The van der Waals surface area contributed by atoms with Crippen molar-refractivity contribution >= 4 is 28.9 Å². The summed E-state index contributed by atoms with van der Waals surface area (Å²) >= 11 is 1.25. The monoisotopic (exact) mass is 239 g/mol. The van der Waals surface area contributed by atoms with Gasteiger partial charge >= 0.3 is 5.97 Å². The van der Waals surface area contributed by atoms with Crippen molar-refractivity contribution in [3.8, 4) is 0 Å². The Kier molecular flexibility index (Phi) is 4.25. The van der Waals surface area contributed by atoms with Crippen LogP contribution in [0.5, 0.6) is 0 Å². The molecule has 0 aliphatic rings. The number of esters is 1. The van der Waals surface area contributed by atoms with E-state index in [1.165, 1.54) is 24.5 Å². The zero-order chi connectivity index (χ0) is 12.1. The van der Waals surface area contributed by atoms with Gasteiger partial charge in [0.2, 0.25) is 5.91 Å². The van der Waals surface area contributed by atoms with Crippen molar-refractivity contribution in [2.75, 3.05) is 12.4 Å². The van der Waals surface area contributed by atoms with E-state index in [1.807, 2.05) is 6.92 Å². The van der Waals surface area contributed by atoms with E-state index in [9.17, 15) is 9.59 Å². The summed E-state index contributed by atoms with van der Waals surface area (Å²) in [6.45, 7) is 5.30. The largest absolute Gasteiger partial charge is 0.465 e. The molecule has 1 rings (SSSR count). The number of hydrogen-bond donors (Lipinski definition) is 1. The number of amides is 1. The molecule has 1 amide bonds. The van der Waals surface area contributed by atoms with E-state index >= 15 is 0 Å². The van der Waals surface area contributed by atoms with Crippen molar-refractivity contribution in [2.45, 2.75) is 13.3 Å². The van der Waals surface area contributed by atoms with Gasteiger partial charge in [-0.05, 0) is 17.9 Å². The quantitative estimate of drug-likeness (QED) is 0.648. The number of anilines is 1. The first-order valence-corrected chi connectivity index (χ1v) is 5.55. The summed E-state index contributed by atoms with van der Waals surface area (Å²) in [5.41, 5.74) is 1.38. The molecule has 5 heteroatoms. The number of carbonyl (C=O) groups excluding carboxylic acids is 2. The zero-order valence-electron chi connectivity index (χ0n) is 9.20. The molecule has 1 aromatic heterocycles. The number of ether oxygens (including phenoxy) is 1. The van der Waals surface area contributed by atoms with Crippen LogP contribution in [0, 0.1) is 6.92 Å². The summed E-state index contributed by atoms with van der Waals surface area (Å²) in [5.74, 6) is -0.631. The molecular formula is C11H13NO3S. The molecule has 0 atom stereocenters. The van der Waals surface area contributed by atoms with Gasteiger partial charge in [0, 0.05) is 6.42 Å². The van der Waals surface area contributed by atoms with Gasteiger partial charge in [-0.3, -0.25) is 4.79 Å². The van der Waals surface area contributed by atoms with Crippen molar-refractivity contribution < 1.29 is 14.3 Å². The van der Waals surface area contributed by atoms with Crippen LogP contribution in [0.4, 0.5) is 5.69 Å². The predicted molar refractivity (Wildman–Crippen MR) is 63.8 cm³/mol. The third-order valence-corrected chi connectivity index (χ3v) is 3.02. The maximum Gasteiger partial charge on any atom is 0.350 e.